The highest BCUT2D eigenvalue weighted by Gasteiger charge is 2.12. The fourth-order valence-electron chi connectivity index (χ4n) is 2.25. The van der Waals surface area contributed by atoms with E-state index in [1.807, 2.05) is 36.4 Å². The molecule has 110 valence electrons. The molecular weight excluding hydrogens is 432 g/mol. The molecule has 0 atom stereocenters. The number of rotatable bonds is 2. The molecule has 0 saturated heterocycles. The summed E-state index contributed by atoms with van der Waals surface area (Å²) in [5.41, 5.74) is 1.15. The molecule has 0 saturated carbocycles. The Labute approximate surface area is 151 Å². The van der Waals surface area contributed by atoms with Crippen molar-refractivity contribution in [2.75, 3.05) is 5.32 Å². The third-order valence-electron chi connectivity index (χ3n) is 3.29. The first kappa shape index (κ1) is 15.6. The second kappa shape index (κ2) is 6.44. The van der Waals surface area contributed by atoms with Gasteiger partial charge >= 0.3 is 0 Å². The molecule has 0 radical (unpaired) electrons. The van der Waals surface area contributed by atoms with Crippen molar-refractivity contribution in [3.8, 4) is 0 Å². The van der Waals surface area contributed by atoms with Crippen LogP contribution < -0.4 is 5.32 Å². The van der Waals surface area contributed by atoms with Gasteiger partial charge in [-0.05, 0) is 58.3 Å². The maximum absolute atomic E-state index is 12.6. The number of carbonyl (C=O) groups excluding carboxylic acids is 1. The van der Waals surface area contributed by atoms with Gasteiger partial charge in [0.15, 0.2) is 0 Å². The Bertz CT molecular complexity index is 880. The minimum absolute atomic E-state index is 0.212. The van der Waals surface area contributed by atoms with Gasteiger partial charge in [-0.15, -0.1) is 0 Å². The van der Waals surface area contributed by atoms with Crippen LogP contribution in [0.4, 0.5) is 5.69 Å². The van der Waals surface area contributed by atoms with Gasteiger partial charge in [-0.2, -0.15) is 0 Å². The zero-order valence-electron chi connectivity index (χ0n) is 11.2. The summed E-state index contributed by atoms with van der Waals surface area (Å²) >= 11 is 14.5. The highest BCUT2D eigenvalue weighted by Crippen LogP contribution is 2.28. The van der Waals surface area contributed by atoms with Crippen molar-refractivity contribution in [1.29, 1.82) is 0 Å². The van der Waals surface area contributed by atoms with Gasteiger partial charge < -0.3 is 5.32 Å². The lowest BCUT2D eigenvalue weighted by atomic mass is 10.0. The van der Waals surface area contributed by atoms with Crippen LogP contribution in [0.5, 0.6) is 0 Å². The van der Waals surface area contributed by atoms with E-state index >= 15 is 0 Å². The van der Waals surface area contributed by atoms with E-state index in [-0.39, 0.29) is 5.91 Å². The number of anilines is 1. The minimum atomic E-state index is -0.212. The van der Waals surface area contributed by atoms with E-state index in [0.29, 0.717) is 21.3 Å². The number of nitrogens with one attached hydrogen (secondary N) is 1. The summed E-state index contributed by atoms with van der Waals surface area (Å²) in [7, 11) is 0. The number of halogens is 3. The van der Waals surface area contributed by atoms with E-state index in [2.05, 4.69) is 27.9 Å². The Morgan fingerprint density at radius 3 is 2.41 bits per heavy atom. The van der Waals surface area contributed by atoms with Gasteiger partial charge in [0.05, 0.1) is 10.7 Å². The Balaban J connectivity index is 2.01. The average Bonchev–Trinajstić information content (AvgIpc) is 2.50. The summed E-state index contributed by atoms with van der Waals surface area (Å²) in [4.78, 5) is 12.6. The van der Waals surface area contributed by atoms with Gasteiger partial charge in [0, 0.05) is 19.5 Å². The van der Waals surface area contributed by atoms with Gasteiger partial charge in [0.1, 0.15) is 0 Å². The Hall–Kier alpha value is -1.30. The summed E-state index contributed by atoms with van der Waals surface area (Å²) in [5, 5.41) is 5.65. The van der Waals surface area contributed by atoms with Crippen LogP contribution in [0.25, 0.3) is 10.8 Å². The van der Waals surface area contributed by atoms with Gasteiger partial charge in [-0.1, -0.05) is 47.5 Å². The summed E-state index contributed by atoms with van der Waals surface area (Å²) in [6.45, 7) is 0. The summed E-state index contributed by atoms with van der Waals surface area (Å²) in [6.07, 6.45) is 0. The third kappa shape index (κ3) is 3.07. The maximum Gasteiger partial charge on any atom is 0.256 e. The number of hydrogen-bond acceptors (Lipinski definition) is 1. The van der Waals surface area contributed by atoms with Crippen LogP contribution >= 0.6 is 45.8 Å². The molecule has 0 aliphatic heterocycles. The molecule has 22 heavy (non-hydrogen) atoms. The number of amides is 1. The zero-order chi connectivity index (χ0) is 15.7. The van der Waals surface area contributed by atoms with Crippen molar-refractivity contribution in [2.45, 2.75) is 0 Å². The molecule has 5 heteroatoms. The van der Waals surface area contributed by atoms with Gasteiger partial charge in [0.25, 0.3) is 5.91 Å². The maximum atomic E-state index is 12.6. The number of fused-ring (bicyclic) bond motifs is 1. The molecule has 0 unspecified atom stereocenters. The highest BCUT2D eigenvalue weighted by atomic mass is 127. The molecule has 0 spiro atoms. The smallest absolute Gasteiger partial charge is 0.256 e. The number of hydrogen-bond donors (Lipinski definition) is 1. The van der Waals surface area contributed by atoms with E-state index in [4.69, 9.17) is 23.2 Å². The van der Waals surface area contributed by atoms with Crippen molar-refractivity contribution >= 4 is 68.2 Å². The Morgan fingerprint density at radius 2 is 1.64 bits per heavy atom. The summed E-state index contributed by atoms with van der Waals surface area (Å²) < 4.78 is 1.01. The van der Waals surface area contributed by atoms with Gasteiger partial charge in [0.2, 0.25) is 0 Å². The van der Waals surface area contributed by atoms with E-state index in [0.717, 1.165) is 14.3 Å². The molecule has 0 aliphatic carbocycles. The van der Waals surface area contributed by atoms with Gasteiger partial charge in [-0.25, -0.2) is 0 Å². The topological polar surface area (TPSA) is 29.1 Å². The van der Waals surface area contributed by atoms with E-state index in [1.54, 1.807) is 18.2 Å². The molecule has 3 rings (SSSR count). The second-order valence-corrected chi connectivity index (χ2v) is 6.78. The highest BCUT2D eigenvalue weighted by molar-refractivity contribution is 14.1. The van der Waals surface area contributed by atoms with Crippen LogP contribution in [0.3, 0.4) is 0 Å². The second-order valence-electron chi connectivity index (χ2n) is 4.72. The first-order valence-corrected chi connectivity index (χ1v) is 8.33. The lowest BCUT2D eigenvalue weighted by molar-refractivity contribution is 0.102. The molecule has 2 nitrogen and oxygen atoms in total. The van der Waals surface area contributed by atoms with Crippen molar-refractivity contribution in [3.63, 3.8) is 0 Å². The monoisotopic (exact) mass is 441 g/mol. The lowest BCUT2D eigenvalue weighted by Gasteiger charge is -2.10. The Kier molecular flexibility index (Phi) is 4.57. The largest absolute Gasteiger partial charge is 0.321 e. The molecule has 0 bridgehead atoms. The molecule has 3 aromatic carbocycles. The molecule has 0 aliphatic rings. The SMILES string of the molecule is O=C(Nc1ccc(I)cc1Cl)c1cccc2c(Cl)cccc12. The molecule has 3 aromatic rings. The Morgan fingerprint density at radius 1 is 0.909 bits per heavy atom. The first-order valence-electron chi connectivity index (χ1n) is 6.50. The van der Waals surface area contributed by atoms with Crippen molar-refractivity contribution in [2.24, 2.45) is 0 Å². The van der Waals surface area contributed by atoms with E-state index in [1.165, 1.54) is 0 Å². The third-order valence-corrected chi connectivity index (χ3v) is 4.61. The quantitative estimate of drug-likeness (QED) is 0.485. The van der Waals surface area contributed by atoms with Gasteiger partial charge in [-0.3, -0.25) is 4.79 Å². The van der Waals surface area contributed by atoms with Crippen molar-refractivity contribution < 1.29 is 4.79 Å². The first-order chi connectivity index (χ1) is 10.6. The predicted octanol–water partition coefficient (Wildman–Crippen LogP) is 6.00. The molecular formula is C17H10Cl2INO. The number of benzene rings is 3. The minimum Gasteiger partial charge on any atom is -0.321 e. The normalized spacial score (nSPS) is 10.7. The van der Waals surface area contributed by atoms with Crippen LogP contribution in [-0.4, -0.2) is 5.91 Å². The van der Waals surface area contributed by atoms with Crippen molar-refractivity contribution in [3.05, 3.63) is 73.8 Å². The van der Waals surface area contributed by atoms with Crippen LogP contribution in [0, 0.1) is 3.57 Å². The van der Waals surface area contributed by atoms with Crippen LogP contribution in [0.15, 0.2) is 54.6 Å². The van der Waals surface area contributed by atoms with Crippen LogP contribution in [0.1, 0.15) is 10.4 Å². The molecule has 0 aromatic heterocycles. The zero-order valence-corrected chi connectivity index (χ0v) is 14.9. The fraction of sp³-hybridized carbons (Fsp3) is 0. The van der Waals surface area contributed by atoms with Crippen LogP contribution in [0.2, 0.25) is 10.0 Å². The predicted molar refractivity (Wildman–Crippen MR) is 101 cm³/mol. The molecule has 0 fully saturated rings. The van der Waals surface area contributed by atoms with E-state index in [9.17, 15) is 4.79 Å². The average molecular weight is 442 g/mol. The van der Waals surface area contributed by atoms with Crippen LogP contribution in [-0.2, 0) is 0 Å². The summed E-state index contributed by atoms with van der Waals surface area (Å²) in [5.74, 6) is -0.212. The number of carbonyl (C=O) groups is 1. The molecule has 1 N–H and O–H groups in total. The summed E-state index contributed by atoms with van der Waals surface area (Å²) in [6, 6.07) is 16.5. The molecule has 0 heterocycles. The van der Waals surface area contributed by atoms with Crippen molar-refractivity contribution in [1.82, 2.24) is 0 Å². The standard InChI is InChI=1S/C17H10Cl2INO/c18-14-6-2-3-11-12(14)4-1-5-13(11)17(22)21-16-8-7-10(20)9-15(16)19/h1-9H,(H,21,22). The van der Waals surface area contributed by atoms with E-state index < -0.39 is 0 Å². The lowest BCUT2D eigenvalue weighted by Crippen LogP contribution is -2.12. The fourth-order valence-corrected chi connectivity index (χ4v) is 3.39. The molecule has 1 amide bonds.